The van der Waals surface area contributed by atoms with Crippen molar-refractivity contribution in [2.45, 2.75) is 47.0 Å². The van der Waals surface area contributed by atoms with Gasteiger partial charge in [-0.25, -0.2) is 4.39 Å². The molecule has 0 atom stereocenters. The van der Waals surface area contributed by atoms with Crippen molar-refractivity contribution >= 4 is 17.2 Å². The molecule has 0 spiro atoms. The van der Waals surface area contributed by atoms with Crippen LogP contribution < -0.4 is 0 Å². The lowest BCUT2D eigenvalue weighted by Crippen LogP contribution is -2.40. The number of aromatic hydroxyl groups is 1. The van der Waals surface area contributed by atoms with Gasteiger partial charge in [-0.2, -0.15) is 0 Å². The van der Waals surface area contributed by atoms with Gasteiger partial charge in [-0.1, -0.05) is 12.5 Å². The number of benzene rings is 1. The minimum absolute atomic E-state index is 0.0431. The summed E-state index contributed by atoms with van der Waals surface area (Å²) in [5.74, 6) is -0.466. The van der Waals surface area contributed by atoms with Gasteiger partial charge < -0.3 is 10.0 Å². The third kappa shape index (κ3) is 4.68. The van der Waals surface area contributed by atoms with Crippen LogP contribution in [0.4, 0.5) is 4.39 Å². The smallest absolute Gasteiger partial charge is 0.267 e. The highest BCUT2D eigenvalue weighted by molar-refractivity contribution is 6.38. The average molecular weight is 346 g/mol. The van der Waals surface area contributed by atoms with Gasteiger partial charge in [0.15, 0.2) is 11.6 Å². The molecule has 0 saturated heterocycles. The first-order valence-electron chi connectivity index (χ1n) is 8.84. The highest BCUT2D eigenvalue weighted by Crippen LogP contribution is 2.27. The second-order valence-electron chi connectivity index (χ2n) is 6.71. The van der Waals surface area contributed by atoms with Crippen LogP contribution >= 0.6 is 0 Å². The quantitative estimate of drug-likeness (QED) is 0.777. The molecule has 1 aliphatic carbocycles. The molecule has 1 aromatic rings. The first-order valence-corrected chi connectivity index (χ1v) is 8.84. The van der Waals surface area contributed by atoms with Gasteiger partial charge in [-0.05, 0) is 69.7 Å². The highest BCUT2D eigenvalue weighted by Gasteiger charge is 2.23. The fourth-order valence-electron chi connectivity index (χ4n) is 2.90. The minimum Gasteiger partial charge on any atom is -0.505 e. The Hall–Kier alpha value is -2.17. The summed E-state index contributed by atoms with van der Waals surface area (Å²) in [7, 11) is 0. The molecule has 4 nitrogen and oxygen atoms in total. The Labute approximate surface area is 149 Å². The molecule has 0 heterocycles. The summed E-state index contributed by atoms with van der Waals surface area (Å²) >= 11 is 0. The number of amides is 1. The standard InChI is InChI=1S/C20H27FN2O2/c1-5-23(12-16-7-6-8-16)20(25)15(4)22-14(3)13(2)17-9-10-19(24)18(21)11-17/h9-11,16,24H,5-8,12H2,1-4H3/b14-13+,22-15?. The molecular formula is C20H27FN2O2. The molecule has 1 aliphatic rings. The van der Waals surface area contributed by atoms with E-state index in [1.54, 1.807) is 19.9 Å². The van der Waals surface area contributed by atoms with Crippen LogP contribution in [0.1, 0.15) is 52.5 Å². The fourth-order valence-corrected chi connectivity index (χ4v) is 2.90. The molecular weight excluding hydrogens is 319 g/mol. The lowest BCUT2D eigenvalue weighted by Gasteiger charge is -2.31. The molecule has 1 amide bonds. The fraction of sp³-hybridized carbons (Fsp3) is 0.500. The summed E-state index contributed by atoms with van der Waals surface area (Å²) in [5.41, 5.74) is 2.51. The van der Waals surface area contributed by atoms with E-state index in [2.05, 4.69) is 4.99 Å². The van der Waals surface area contributed by atoms with E-state index in [1.165, 1.54) is 31.4 Å². The number of rotatable bonds is 6. The number of phenolic OH excluding ortho intramolecular Hbond substituents is 1. The Morgan fingerprint density at radius 2 is 2.00 bits per heavy atom. The first-order chi connectivity index (χ1) is 11.8. The summed E-state index contributed by atoms with van der Waals surface area (Å²) in [4.78, 5) is 18.9. The number of nitrogens with zero attached hydrogens (tertiary/aromatic N) is 2. The van der Waals surface area contributed by atoms with E-state index >= 15 is 0 Å². The number of halogens is 1. The van der Waals surface area contributed by atoms with Crippen LogP contribution in [0.2, 0.25) is 0 Å². The van der Waals surface area contributed by atoms with Crippen LogP contribution in [0.15, 0.2) is 28.9 Å². The van der Waals surface area contributed by atoms with Gasteiger partial charge in [0, 0.05) is 18.8 Å². The Balaban J connectivity index is 2.17. The van der Waals surface area contributed by atoms with Crippen molar-refractivity contribution in [3.8, 4) is 5.75 Å². The topological polar surface area (TPSA) is 52.9 Å². The largest absolute Gasteiger partial charge is 0.505 e. The van der Waals surface area contributed by atoms with Crippen molar-refractivity contribution in [3.05, 3.63) is 35.3 Å². The Kier molecular flexibility index (Phi) is 6.34. The maximum Gasteiger partial charge on any atom is 0.267 e. The first kappa shape index (κ1) is 19.2. The molecule has 0 unspecified atom stereocenters. The summed E-state index contributed by atoms with van der Waals surface area (Å²) in [6.45, 7) is 8.81. The van der Waals surface area contributed by atoms with Crippen LogP contribution in [0.25, 0.3) is 5.57 Å². The second-order valence-corrected chi connectivity index (χ2v) is 6.71. The number of phenols is 1. The zero-order valence-electron chi connectivity index (χ0n) is 15.5. The molecule has 25 heavy (non-hydrogen) atoms. The number of aliphatic imine (C=N–C) groups is 1. The van der Waals surface area contributed by atoms with Crippen LogP contribution in [0.3, 0.4) is 0 Å². The molecule has 0 aliphatic heterocycles. The van der Waals surface area contributed by atoms with Crippen LogP contribution in [0.5, 0.6) is 5.75 Å². The Morgan fingerprint density at radius 1 is 1.32 bits per heavy atom. The predicted molar refractivity (Wildman–Crippen MR) is 99.0 cm³/mol. The molecule has 2 rings (SSSR count). The third-order valence-electron chi connectivity index (χ3n) is 4.94. The lowest BCUT2D eigenvalue weighted by atomic mass is 9.85. The Morgan fingerprint density at radius 3 is 2.52 bits per heavy atom. The number of allylic oxidation sites excluding steroid dienone is 2. The Bertz CT molecular complexity index is 706. The van der Waals surface area contributed by atoms with E-state index in [4.69, 9.17) is 0 Å². The monoisotopic (exact) mass is 346 g/mol. The molecule has 1 aromatic carbocycles. The predicted octanol–water partition coefficient (Wildman–Crippen LogP) is 4.39. The number of carbonyl (C=O) groups is 1. The normalized spacial score (nSPS) is 16.3. The number of hydrogen-bond acceptors (Lipinski definition) is 3. The van der Waals surface area contributed by atoms with E-state index in [9.17, 15) is 14.3 Å². The maximum absolute atomic E-state index is 13.5. The summed E-state index contributed by atoms with van der Waals surface area (Å²) in [6.07, 6.45) is 3.66. The van der Waals surface area contributed by atoms with Crippen LogP contribution in [0, 0.1) is 11.7 Å². The van der Waals surface area contributed by atoms with Gasteiger partial charge in [-0.15, -0.1) is 0 Å². The SMILES string of the molecule is CCN(CC1CCC1)C(=O)C(C)=N/C(C)=C(\C)c1ccc(O)c(F)c1. The van der Waals surface area contributed by atoms with Crippen molar-refractivity contribution in [1.82, 2.24) is 4.90 Å². The van der Waals surface area contributed by atoms with Gasteiger partial charge in [-0.3, -0.25) is 9.79 Å². The highest BCUT2D eigenvalue weighted by atomic mass is 19.1. The molecule has 1 saturated carbocycles. The van der Waals surface area contributed by atoms with Crippen molar-refractivity contribution in [2.24, 2.45) is 10.9 Å². The van der Waals surface area contributed by atoms with Gasteiger partial charge >= 0.3 is 0 Å². The third-order valence-corrected chi connectivity index (χ3v) is 4.94. The van der Waals surface area contributed by atoms with Gasteiger partial charge in [0.05, 0.1) is 0 Å². The maximum atomic E-state index is 13.5. The van der Waals surface area contributed by atoms with Crippen molar-refractivity contribution in [2.75, 3.05) is 13.1 Å². The second kappa shape index (κ2) is 8.28. The summed E-state index contributed by atoms with van der Waals surface area (Å²) in [6, 6.07) is 4.23. The lowest BCUT2D eigenvalue weighted by molar-refractivity contribution is -0.124. The van der Waals surface area contributed by atoms with E-state index in [-0.39, 0.29) is 11.7 Å². The molecule has 136 valence electrons. The molecule has 0 bridgehead atoms. The van der Waals surface area contributed by atoms with Crippen LogP contribution in [-0.4, -0.2) is 34.7 Å². The average Bonchev–Trinajstić information content (AvgIpc) is 2.55. The zero-order valence-corrected chi connectivity index (χ0v) is 15.5. The van der Waals surface area contributed by atoms with Crippen molar-refractivity contribution < 1.29 is 14.3 Å². The van der Waals surface area contributed by atoms with E-state index in [0.717, 1.165) is 12.1 Å². The van der Waals surface area contributed by atoms with Gasteiger partial charge in [0.2, 0.25) is 0 Å². The number of carbonyl (C=O) groups excluding carboxylic acids is 1. The molecule has 5 heteroatoms. The molecule has 1 fully saturated rings. The van der Waals surface area contributed by atoms with E-state index < -0.39 is 5.82 Å². The van der Waals surface area contributed by atoms with E-state index in [0.29, 0.717) is 29.4 Å². The van der Waals surface area contributed by atoms with Crippen molar-refractivity contribution in [3.63, 3.8) is 0 Å². The number of hydrogen-bond donors (Lipinski definition) is 1. The van der Waals surface area contributed by atoms with Gasteiger partial charge in [0.25, 0.3) is 5.91 Å². The molecule has 1 N–H and O–H groups in total. The van der Waals surface area contributed by atoms with Crippen LogP contribution in [-0.2, 0) is 4.79 Å². The molecule has 0 aromatic heterocycles. The van der Waals surface area contributed by atoms with Crippen molar-refractivity contribution in [1.29, 1.82) is 0 Å². The van der Waals surface area contributed by atoms with E-state index in [1.807, 2.05) is 18.7 Å². The zero-order chi connectivity index (χ0) is 18.6. The van der Waals surface area contributed by atoms with Gasteiger partial charge in [0.1, 0.15) is 5.71 Å². The summed E-state index contributed by atoms with van der Waals surface area (Å²) in [5, 5.41) is 9.30. The summed E-state index contributed by atoms with van der Waals surface area (Å²) < 4.78 is 13.5. The molecule has 0 radical (unpaired) electrons. The minimum atomic E-state index is -0.668.